The Morgan fingerprint density at radius 1 is 1.14 bits per heavy atom. The molecule has 0 saturated carbocycles. The van der Waals surface area contributed by atoms with Gasteiger partial charge in [-0.05, 0) is 37.3 Å². The van der Waals surface area contributed by atoms with Crippen molar-refractivity contribution >= 4 is 34.1 Å². The number of amides is 2. The van der Waals surface area contributed by atoms with E-state index < -0.39 is 18.5 Å². The van der Waals surface area contributed by atoms with E-state index in [1.807, 2.05) is 24.3 Å². The van der Waals surface area contributed by atoms with Crippen molar-refractivity contribution in [3.63, 3.8) is 0 Å². The van der Waals surface area contributed by atoms with Gasteiger partial charge in [0, 0.05) is 23.9 Å². The summed E-state index contributed by atoms with van der Waals surface area (Å²) in [4.78, 5) is 37.4. The molecule has 0 bridgehead atoms. The van der Waals surface area contributed by atoms with Crippen molar-refractivity contribution in [2.45, 2.75) is 39.2 Å². The van der Waals surface area contributed by atoms with Gasteiger partial charge in [-0.3, -0.25) is 9.59 Å². The highest BCUT2D eigenvalue weighted by molar-refractivity contribution is 7.17. The molecule has 1 aliphatic rings. The lowest BCUT2D eigenvalue weighted by Gasteiger charge is -2.13. The molecule has 2 amide bonds. The van der Waals surface area contributed by atoms with Crippen LogP contribution in [0, 0.1) is 0 Å². The van der Waals surface area contributed by atoms with Crippen LogP contribution in [0.2, 0.25) is 0 Å². The summed E-state index contributed by atoms with van der Waals surface area (Å²) < 4.78 is 10.5. The maximum absolute atomic E-state index is 12.7. The van der Waals surface area contributed by atoms with Gasteiger partial charge in [0.05, 0.1) is 12.7 Å². The first-order chi connectivity index (χ1) is 14.0. The minimum Gasteiger partial charge on any atom is -0.496 e. The highest BCUT2D eigenvalue weighted by atomic mass is 32.1. The maximum atomic E-state index is 12.7. The molecule has 0 unspecified atom stereocenters. The van der Waals surface area contributed by atoms with E-state index in [-0.39, 0.29) is 12.5 Å². The third-order valence-corrected chi connectivity index (χ3v) is 5.88. The Bertz CT molecular complexity index is 922. The molecular formula is C21H24N2O5S. The van der Waals surface area contributed by atoms with Gasteiger partial charge in [-0.15, -0.1) is 11.3 Å². The molecule has 0 atom stereocenters. The summed E-state index contributed by atoms with van der Waals surface area (Å²) >= 11 is 1.42. The standard InChI is InChI=1S/C21H24N2O5S/c1-13(24)23-20-19(15-8-4-6-10-17(15)29-20)21(26)28-12-18(25)22-11-14-7-3-5-9-16(14)27-2/h3,5,7,9H,4,6,8,10-12H2,1-2H3,(H,22,25)(H,23,24). The Kier molecular flexibility index (Phi) is 6.87. The van der Waals surface area contributed by atoms with Gasteiger partial charge in [0.2, 0.25) is 5.91 Å². The Hall–Kier alpha value is -2.87. The van der Waals surface area contributed by atoms with Crippen LogP contribution >= 0.6 is 11.3 Å². The summed E-state index contributed by atoms with van der Waals surface area (Å²) in [6.45, 7) is 1.28. The molecule has 0 spiro atoms. The van der Waals surface area contributed by atoms with Crippen molar-refractivity contribution in [2.75, 3.05) is 19.0 Å². The second kappa shape index (κ2) is 9.56. The van der Waals surface area contributed by atoms with Crippen molar-refractivity contribution in [1.29, 1.82) is 0 Å². The van der Waals surface area contributed by atoms with Gasteiger partial charge < -0.3 is 20.1 Å². The lowest BCUT2D eigenvalue weighted by molar-refractivity contribution is -0.124. The molecule has 154 valence electrons. The molecule has 2 aromatic rings. The number of hydrogen-bond donors (Lipinski definition) is 2. The zero-order chi connectivity index (χ0) is 20.8. The van der Waals surface area contributed by atoms with Crippen molar-refractivity contribution in [3.05, 3.63) is 45.8 Å². The number of carbonyl (C=O) groups excluding carboxylic acids is 3. The molecule has 0 fully saturated rings. The van der Waals surface area contributed by atoms with Crippen LogP contribution < -0.4 is 15.4 Å². The van der Waals surface area contributed by atoms with E-state index in [9.17, 15) is 14.4 Å². The zero-order valence-corrected chi connectivity index (χ0v) is 17.3. The predicted molar refractivity (Wildman–Crippen MR) is 110 cm³/mol. The van der Waals surface area contributed by atoms with Crippen molar-refractivity contribution < 1.29 is 23.9 Å². The topological polar surface area (TPSA) is 93.7 Å². The Balaban J connectivity index is 1.62. The summed E-state index contributed by atoms with van der Waals surface area (Å²) in [5, 5.41) is 5.95. The van der Waals surface area contributed by atoms with Gasteiger partial charge >= 0.3 is 5.97 Å². The third kappa shape index (κ3) is 5.14. The zero-order valence-electron chi connectivity index (χ0n) is 16.5. The Morgan fingerprint density at radius 3 is 2.66 bits per heavy atom. The number of benzene rings is 1. The van der Waals surface area contributed by atoms with Crippen LogP contribution in [0.4, 0.5) is 5.00 Å². The van der Waals surface area contributed by atoms with Crippen LogP contribution in [0.5, 0.6) is 5.75 Å². The number of esters is 1. The molecular weight excluding hydrogens is 392 g/mol. The molecule has 0 saturated heterocycles. The molecule has 2 N–H and O–H groups in total. The lowest BCUT2D eigenvalue weighted by Crippen LogP contribution is -2.28. The molecule has 1 heterocycles. The normalized spacial score (nSPS) is 12.6. The number of carbonyl (C=O) groups is 3. The summed E-state index contributed by atoms with van der Waals surface area (Å²) in [5.74, 6) is -0.558. The summed E-state index contributed by atoms with van der Waals surface area (Å²) in [6, 6.07) is 7.36. The fourth-order valence-electron chi connectivity index (χ4n) is 3.33. The number of thiophene rings is 1. The molecule has 0 aliphatic heterocycles. The van der Waals surface area contributed by atoms with Gasteiger partial charge in [-0.2, -0.15) is 0 Å². The average molecular weight is 416 g/mol. The highest BCUT2D eigenvalue weighted by Crippen LogP contribution is 2.38. The second-order valence-corrected chi connectivity index (χ2v) is 7.87. The number of anilines is 1. The number of hydrogen-bond acceptors (Lipinski definition) is 6. The maximum Gasteiger partial charge on any atom is 0.341 e. The fraction of sp³-hybridized carbons (Fsp3) is 0.381. The Labute approximate surface area is 173 Å². The third-order valence-electron chi connectivity index (χ3n) is 4.67. The first-order valence-corrected chi connectivity index (χ1v) is 10.3. The molecule has 29 heavy (non-hydrogen) atoms. The average Bonchev–Trinajstić information content (AvgIpc) is 3.07. The first-order valence-electron chi connectivity index (χ1n) is 9.47. The fourth-order valence-corrected chi connectivity index (χ4v) is 4.65. The van der Waals surface area contributed by atoms with Crippen molar-refractivity contribution in [1.82, 2.24) is 5.32 Å². The first kappa shape index (κ1) is 20.9. The molecule has 3 rings (SSSR count). The number of para-hydroxylation sites is 1. The number of aryl methyl sites for hydroxylation is 1. The van der Waals surface area contributed by atoms with Gasteiger partial charge in [0.1, 0.15) is 10.8 Å². The monoisotopic (exact) mass is 416 g/mol. The highest BCUT2D eigenvalue weighted by Gasteiger charge is 2.27. The molecule has 1 aliphatic carbocycles. The van der Waals surface area contributed by atoms with E-state index in [2.05, 4.69) is 10.6 Å². The van der Waals surface area contributed by atoms with Crippen molar-refractivity contribution in [2.24, 2.45) is 0 Å². The quantitative estimate of drug-likeness (QED) is 0.677. The van der Waals surface area contributed by atoms with E-state index in [1.165, 1.54) is 18.3 Å². The van der Waals surface area contributed by atoms with Crippen LogP contribution in [-0.2, 0) is 33.7 Å². The molecule has 1 aromatic carbocycles. The number of methoxy groups -OCH3 is 1. The van der Waals surface area contributed by atoms with Gasteiger partial charge in [-0.1, -0.05) is 18.2 Å². The Morgan fingerprint density at radius 2 is 1.90 bits per heavy atom. The predicted octanol–water partition coefficient (Wildman–Crippen LogP) is 3.07. The van der Waals surface area contributed by atoms with Crippen molar-refractivity contribution in [3.8, 4) is 5.75 Å². The number of nitrogens with one attached hydrogen (secondary N) is 2. The van der Waals surface area contributed by atoms with Gasteiger partial charge in [0.15, 0.2) is 6.61 Å². The van der Waals surface area contributed by atoms with Crippen LogP contribution in [0.1, 0.15) is 46.1 Å². The van der Waals surface area contributed by atoms with Crippen LogP contribution in [-0.4, -0.2) is 31.5 Å². The number of ether oxygens (including phenoxy) is 2. The van der Waals surface area contributed by atoms with Crippen LogP contribution in [0.15, 0.2) is 24.3 Å². The van der Waals surface area contributed by atoms with Gasteiger partial charge in [-0.25, -0.2) is 4.79 Å². The second-order valence-electron chi connectivity index (χ2n) is 6.76. The van der Waals surface area contributed by atoms with Crippen LogP contribution in [0.3, 0.4) is 0 Å². The van der Waals surface area contributed by atoms with E-state index in [1.54, 1.807) is 7.11 Å². The number of rotatable bonds is 7. The largest absolute Gasteiger partial charge is 0.496 e. The molecule has 0 radical (unpaired) electrons. The molecule has 1 aromatic heterocycles. The van der Waals surface area contributed by atoms with Crippen LogP contribution in [0.25, 0.3) is 0 Å². The minimum absolute atomic E-state index is 0.243. The lowest BCUT2D eigenvalue weighted by atomic mass is 9.95. The summed E-state index contributed by atoms with van der Waals surface area (Å²) in [7, 11) is 1.57. The summed E-state index contributed by atoms with van der Waals surface area (Å²) in [6.07, 6.45) is 3.71. The smallest absolute Gasteiger partial charge is 0.341 e. The SMILES string of the molecule is COc1ccccc1CNC(=O)COC(=O)c1c(NC(C)=O)sc2c1CCCC2. The summed E-state index contributed by atoms with van der Waals surface area (Å²) in [5.41, 5.74) is 2.15. The van der Waals surface area contributed by atoms with E-state index >= 15 is 0 Å². The minimum atomic E-state index is -0.583. The van der Waals surface area contributed by atoms with E-state index in [4.69, 9.17) is 9.47 Å². The van der Waals surface area contributed by atoms with Gasteiger partial charge in [0.25, 0.3) is 5.91 Å². The molecule has 7 nitrogen and oxygen atoms in total. The molecule has 8 heteroatoms. The van der Waals surface area contributed by atoms with E-state index in [0.717, 1.165) is 41.7 Å². The van der Waals surface area contributed by atoms with E-state index in [0.29, 0.717) is 16.3 Å². The number of fused-ring (bicyclic) bond motifs is 1.